The number of aromatic nitrogens is 1. The molecule has 1 amide bonds. The summed E-state index contributed by atoms with van der Waals surface area (Å²) in [7, 11) is 1.56. The summed E-state index contributed by atoms with van der Waals surface area (Å²) < 4.78 is 26.2. The normalized spacial score (nSPS) is 10.2. The van der Waals surface area contributed by atoms with Gasteiger partial charge in [0.25, 0.3) is 5.91 Å². The number of rotatable bonds is 3. The fourth-order valence-electron chi connectivity index (χ4n) is 1.58. The van der Waals surface area contributed by atoms with E-state index in [1.54, 1.807) is 7.05 Å². The first kappa shape index (κ1) is 14.2. The van der Waals surface area contributed by atoms with Gasteiger partial charge in [0.05, 0.1) is 16.8 Å². The molecule has 1 heterocycles. The standard InChI is InChI=1S/C13H10ClF2N3O/c1-17-12-9(4-7(15)6-18-12)13(20)19-8-2-3-11(16)10(14)5-8/h2-6H,1H3,(H,17,18)(H,19,20). The van der Waals surface area contributed by atoms with Crippen molar-refractivity contribution in [2.75, 3.05) is 17.7 Å². The second-order valence-electron chi connectivity index (χ2n) is 3.88. The van der Waals surface area contributed by atoms with Gasteiger partial charge in [-0.15, -0.1) is 0 Å². The first-order chi connectivity index (χ1) is 9.51. The van der Waals surface area contributed by atoms with Gasteiger partial charge in [0.1, 0.15) is 17.5 Å². The summed E-state index contributed by atoms with van der Waals surface area (Å²) >= 11 is 5.62. The highest BCUT2D eigenvalue weighted by atomic mass is 35.5. The molecule has 0 spiro atoms. The molecule has 0 unspecified atom stereocenters. The molecule has 2 aromatic rings. The fraction of sp³-hybridized carbons (Fsp3) is 0.0769. The summed E-state index contributed by atoms with van der Waals surface area (Å²) in [4.78, 5) is 15.8. The van der Waals surface area contributed by atoms with Gasteiger partial charge in [0.15, 0.2) is 0 Å². The van der Waals surface area contributed by atoms with E-state index in [0.29, 0.717) is 5.69 Å². The molecule has 0 aliphatic heterocycles. The predicted octanol–water partition coefficient (Wildman–Crippen LogP) is 3.31. The average Bonchev–Trinajstić information content (AvgIpc) is 2.43. The van der Waals surface area contributed by atoms with Crippen LogP contribution in [0.2, 0.25) is 5.02 Å². The number of nitrogens with one attached hydrogen (secondary N) is 2. The molecule has 4 nitrogen and oxygen atoms in total. The Kier molecular flexibility index (Phi) is 4.14. The van der Waals surface area contributed by atoms with Crippen molar-refractivity contribution < 1.29 is 13.6 Å². The van der Waals surface area contributed by atoms with Crippen molar-refractivity contribution in [1.29, 1.82) is 0 Å². The summed E-state index contributed by atoms with van der Waals surface area (Å²) in [5, 5.41) is 5.06. The average molecular weight is 298 g/mol. The lowest BCUT2D eigenvalue weighted by atomic mass is 10.2. The summed E-state index contributed by atoms with van der Waals surface area (Å²) in [6.45, 7) is 0. The van der Waals surface area contributed by atoms with E-state index in [-0.39, 0.29) is 16.4 Å². The van der Waals surface area contributed by atoms with Gasteiger partial charge in [0.2, 0.25) is 0 Å². The van der Waals surface area contributed by atoms with Gasteiger partial charge in [-0.1, -0.05) is 11.6 Å². The molecule has 104 valence electrons. The van der Waals surface area contributed by atoms with Crippen LogP contribution in [0.3, 0.4) is 0 Å². The highest BCUT2D eigenvalue weighted by Crippen LogP contribution is 2.21. The van der Waals surface area contributed by atoms with E-state index in [4.69, 9.17) is 11.6 Å². The fourth-order valence-corrected chi connectivity index (χ4v) is 1.76. The van der Waals surface area contributed by atoms with Crippen LogP contribution in [0.5, 0.6) is 0 Å². The quantitative estimate of drug-likeness (QED) is 0.914. The van der Waals surface area contributed by atoms with Crippen molar-refractivity contribution in [3.8, 4) is 0 Å². The first-order valence-corrected chi connectivity index (χ1v) is 5.98. The number of anilines is 2. The Bertz CT molecular complexity index is 664. The molecule has 0 fully saturated rings. The van der Waals surface area contributed by atoms with Crippen molar-refractivity contribution in [2.24, 2.45) is 0 Å². The number of nitrogens with zero attached hydrogens (tertiary/aromatic N) is 1. The third-order valence-electron chi connectivity index (χ3n) is 2.51. The van der Waals surface area contributed by atoms with Crippen LogP contribution >= 0.6 is 11.6 Å². The predicted molar refractivity (Wildman–Crippen MR) is 73.1 cm³/mol. The molecule has 7 heteroatoms. The minimum Gasteiger partial charge on any atom is -0.372 e. The Morgan fingerprint density at radius 3 is 2.70 bits per heavy atom. The minimum absolute atomic E-state index is 0.0351. The molecule has 0 saturated heterocycles. The van der Waals surface area contributed by atoms with Gasteiger partial charge in [0, 0.05) is 12.7 Å². The van der Waals surface area contributed by atoms with Gasteiger partial charge in [-0.25, -0.2) is 13.8 Å². The maximum absolute atomic E-state index is 13.2. The summed E-state index contributed by atoms with van der Waals surface area (Å²) in [5.74, 6) is -1.57. The zero-order valence-electron chi connectivity index (χ0n) is 10.4. The van der Waals surface area contributed by atoms with Crippen LogP contribution in [0, 0.1) is 11.6 Å². The van der Waals surface area contributed by atoms with E-state index in [1.807, 2.05) is 0 Å². The minimum atomic E-state index is -0.633. The second kappa shape index (κ2) is 5.83. The van der Waals surface area contributed by atoms with E-state index in [9.17, 15) is 13.6 Å². The van der Waals surface area contributed by atoms with Crippen molar-refractivity contribution in [3.63, 3.8) is 0 Å². The lowest BCUT2D eigenvalue weighted by molar-refractivity contribution is 0.102. The van der Waals surface area contributed by atoms with Gasteiger partial charge >= 0.3 is 0 Å². The number of benzene rings is 1. The number of halogens is 3. The van der Waals surface area contributed by atoms with Crippen molar-refractivity contribution in [1.82, 2.24) is 4.98 Å². The highest BCUT2D eigenvalue weighted by Gasteiger charge is 2.14. The lowest BCUT2D eigenvalue weighted by Gasteiger charge is -2.09. The van der Waals surface area contributed by atoms with Crippen molar-refractivity contribution in [2.45, 2.75) is 0 Å². The molecule has 0 saturated carbocycles. The second-order valence-corrected chi connectivity index (χ2v) is 4.29. The molecule has 0 bridgehead atoms. The smallest absolute Gasteiger partial charge is 0.259 e. The van der Waals surface area contributed by atoms with Crippen LogP contribution in [-0.2, 0) is 0 Å². The number of amides is 1. The lowest BCUT2D eigenvalue weighted by Crippen LogP contribution is -2.15. The zero-order chi connectivity index (χ0) is 14.7. The number of pyridine rings is 1. The molecule has 1 aromatic heterocycles. The Labute approximate surface area is 118 Å². The molecule has 2 rings (SSSR count). The van der Waals surface area contributed by atoms with Gasteiger partial charge < -0.3 is 10.6 Å². The maximum Gasteiger partial charge on any atom is 0.259 e. The SMILES string of the molecule is CNc1ncc(F)cc1C(=O)Nc1ccc(F)c(Cl)c1. The van der Waals surface area contributed by atoms with Crippen LogP contribution in [0.1, 0.15) is 10.4 Å². The topological polar surface area (TPSA) is 54.0 Å². The molecule has 2 N–H and O–H groups in total. The molecule has 20 heavy (non-hydrogen) atoms. The summed E-state index contributed by atoms with van der Waals surface area (Å²) in [6, 6.07) is 4.80. The van der Waals surface area contributed by atoms with E-state index in [1.165, 1.54) is 12.1 Å². The number of hydrogen-bond acceptors (Lipinski definition) is 3. The molecular weight excluding hydrogens is 288 g/mol. The van der Waals surface area contributed by atoms with E-state index < -0.39 is 17.5 Å². The molecule has 0 aliphatic rings. The van der Waals surface area contributed by atoms with Crippen LogP contribution in [-0.4, -0.2) is 17.9 Å². The van der Waals surface area contributed by atoms with Crippen LogP contribution in [0.4, 0.5) is 20.3 Å². The first-order valence-electron chi connectivity index (χ1n) is 5.61. The van der Waals surface area contributed by atoms with Gasteiger partial charge in [-0.2, -0.15) is 0 Å². The number of carbonyl (C=O) groups excluding carboxylic acids is 1. The van der Waals surface area contributed by atoms with E-state index in [0.717, 1.165) is 18.3 Å². The Balaban J connectivity index is 2.27. The maximum atomic E-state index is 13.2. The summed E-state index contributed by atoms with van der Waals surface area (Å²) in [5.41, 5.74) is 0.334. The van der Waals surface area contributed by atoms with Crippen LogP contribution in [0.25, 0.3) is 0 Å². The van der Waals surface area contributed by atoms with Gasteiger partial charge in [-0.05, 0) is 24.3 Å². The van der Waals surface area contributed by atoms with E-state index >= 15 is 0 Å². The number of carbonyl (C=O) groups is 1. The third kappa shape index (κ3) is 3.03. The molecule has 1 aromatic carbocycles. The van der Waals surface area contributed by atoms with Crippen LogP contribution in [0.15, 0.2) is 30.5 Å². The zero-order valence-corrected chi connectivity index (χ0v) is 11.1. The van der Waals surface area contributed by atoms with E-state index in [2.05, 4.69) is 15.6 Å². The summed E-state index contributed by atoms with van der Waals surface area (Å²) in [6.07, 6.45) is 0.997. The number of hydrogen-bond donors (Lipinski definition) is 2. The third-order valence-corrected chi connectivity index (χ3v) is 2.80. The molecule has 0 aliphatic carbocycles. The largest absolute Gasteiger partial charge is 0.372 e. The highest BCUT2D eigenvalue weighted by molar-refractivity contribution is 6.31. The van der Waals surface area contributed by atoms with Gasteiger partial charge in [-0.3, -0.25) is 4.79 Å². The molecule has 0 atom stereocenters. The molecular formula is C13H10ClF2N3O. The van der Waals surface area contributed by atoms with Crippen LogP contribution < -0.4 is 10.6 Å². The van der Waals surface area contributed by atoms with Crippen molar-refractivity contribution in [3.05, 3.63) is 52.7 Å². The molecule has 0 radical (unpaired) electrons. The Morgan fingerprint density at radius 2 is 2.05 bits per heavy atom. The Hall–Kier alpha value is -2.21. The Morgan fingerprint density at radius 1 is 1.30 bits per heavy atom. The van der Waals surface area contributed by atoms with Crippen molar-refractivity contribution >= 4 is 29.0 Å². The monoisotopic (exact) mass is 297 g/mol.